The normalized spacial score (nSPS) is 40.5. The van der Waals surface area contributed by atoms with E-state index < -0.39 is 0 Å². The van der Waals surface area contributed by atoms with Gasteiger partial charge in [-0.15, -0.1) is 0 Å². The lowest BCUT2D eigenvalue weighted by molar-refractivity contribution is 0.136. The van der Waals surface area contributed by atoms with Crippen molar-refractivity contribution in [1.29, 1.82) is 0 Å². The molecule has 0 heteroatoms. The van der Waals surface area contributed by atoms with E-state index in [1.54, 1.807) is 12.8 Å². The Labute approximate surface area is 76.7 Å². The molecule has 0 N–H and O–H groups in total. The molecule has 0 aromatic heterocycles. The quantitative estimate of drug-likeness (QED) is 0.510. The van der Waals surface area contributed by atoms with E-state index in [-0.39, 0.29) is 0 Å². The van der Waals surface area contributed by atoms with Crippen LogP contribution in [0.1, 0.15) is 58.8 Å². The van der Waals surface area contributed by atoms with Crippen LogP contribution in [0.15, 0.2) is 0 Å². The van der Waals surface area contributed by atoms with E-state index in [2.05, 4.69) is 13.8 Å². The predicted octanol–water partition coefficient (Wildman–Crippen LogP) is 4.00. The van der Waals surface area contributed by atoms with E-state index in [4.69, 9.17) is 0 Å². The Balaban J connectivity index is 2.08. The summed E-state index contributed by atoms with van der Waals surface area (Å²) in [4.78, 5) is 0. The van der Waals surface area contributed by atoms with Gasteiger partial charge in [-0.25, -0.2) is 0 Å². The highest BCUT2D eigenvalue weighted by molar-refractivity contribution is 4.94. The minimum absolute atomic E-state index is 0.803. The van der Waals surface area contributed by atoms with Gasteiger partial charge < -0.3 is 0 Å². The fraction of sp³-hybridized carbons (Fsp3) is 1.00. The average molecular weight is 166 g/mol. The molecule has 0 bridgehead atoms. The lowest BCUT2D eigenvalue weighted by Gasteiger charge is -2.37. The zero-order chi connectivity index (χ0) is 8.60. The van der Waals surface area contributed by atoms with Crippen LogP contribution < -0.4 is 0 Å². The van der Waals surface area contributed by atoms with E-state index in [9.17, 15) is 0 Å². The molecule has 2 saturated carbocycles. The summed E-state index contributed by atoms with van der Waals surface area (Å²) in [5, 5.41) is 0. The van der Waals surface area contributed by atoms with Gasteiger partial charge in [0.15, 0.2) is 0 Å². The fourth-order valence-electron chi connectivity index (χ4n) is 3.78. The molecule has 2 aliphatic carbocycles. The van der Waals surface area contributed by atoms with Crippen LogP contribution in [0.2, 0.25) is 0 Å². The minimum Gasteiger partial charge on any atom is -0.0625 e. The molecule has 1 spiro atoms. The van der Waals surface area contributed by atoms with Crippen molar-refractivity contribution in [2.75, 3.05) is 0 Å². The first-order valence-electron chi connectivity index (χ1n) is 5.73. The summed E-state index contributed by atoms with van der Waals surface area (Å²) in [6.07, 6.45) is 10.6. The maximum atomic E-state index is 2.49. The smallest absolute Gasteiger partial charge is 0.0269 e. The predicted molar refractivity (Wildman–Crippen MR) is 53.1 cm³/mol. The minimum atomic E-state index is 0.803. The van der Waals surface area contributed by atoms with Gasteiger partial charge in [0.2, 0.25) is 0 Å². The average Bonchev–Trinajstić information content (AvgIpc) is 2.29. The lowest BCUT2D eigenvalue weighted by Crippen LogP contribution is -2.26. The van der Waals surface area contributed by atoms with E-state index in [1.807, 2.05) is 0 Å². The largest absolute Gasteiger partial charge is 0.0625 e. The molecular weight excluding hydrogens is 144 g/mol. The third-order valence-electron chi connectivity index (χ3n) is 4.41. The van der Waals surface area contributed by atoms with Crippen LogP contribution in [0.25, 0.3) is 0 Å². The molecule has 0 heterocycles. The van der Waals surface area contributed by atoms with Crippen LogP contribution in [0, 0.1) is 17.3 Å². The van der Waals surface area contributed by atoms with Gasteiger partial charge in [0.05, 0.1) is 0 Å². The summed E-state index contributed by atoms with van der Waals surface area (Å²) in [5.74, 6) is 2.03. The van der Waals surface area contributed by atoms with Crippen LogP contribution in [0.3, 0.4) is 0 Å². The third kappa shape index (κ3) is 1.30. The Morgan fingerprint density at radius 2 is 1.67 bits per heavy atom. The van der Waals surface area contributed by atoms with Crippen molar-refractivity contribution in [1.82, 2.24) is 0 Å². The third-order valence-corrected chi connectivity index (χ3v) is 4.41. The van der Waals surface area contributed by atoms with Gasteiger partial charge in [0, 0.05) is 0 Å². The zero-order valence-electron chi connectivity index (χ0n) is 8.60. The van der Waals surface area contributed by atoms with Crippen molar-refractivity contribution in [3.05, 3.63) is 0 Å². The first-order chi connectivity index (χ1) is 5.73. The summed E-state index contributed by atoms with van der Waals surface area (Å²) in [6, 6.07) is 0. The molecule has 0 aliphatic heterocycles. The Morgan fingerprint density at radius 3 is 2.17 bits per heavy atom. The summed E-state index contributed by atoms with van der Waals surface area (Å²) >= 11 is 0. The van der Waals surface area contributed by atoms with Gasteiger partial charge in [0.1, 0.15) is 0 Å². The van der Waals surface area contributed by atoms with E-state index in [0.29, 0.717) is 0 Å². The van der Waals surface area contributed by atoms with Crippen molar-refractivity contribution in [3.8, 4) is 0 Å². The van der Waals surface area contributed by atoms with Crippen molar-refractivity contribution in [3.63, 3.8) is 0 Å². The number of rotatable bonds is 0. The molecule has 12 heavy (non-hydrogen) atoms. The number of hydrogen-bond acceptors (Lipinski definition) is 0. The van der Waals surface area contributed by atoms with E-state index in [0.717, 1.165) is 17.3 Å². The molecule has 2 rings (SSSR count). The van der Waals surface area contributed by atoms with Gasteiger partial charge in [-0.2, -0.15) is 0 Å². The highest BCUT2D eigenvalue weighted by Gasteiger charge is 2.43. The molecule has 0 nitrogen and oxygen atoms in total. The van der Waals surface area contributed by atoms with E-state index in [1.165, 1.54) is 32.1 Å². The highest BCUT2D eigenvalue weighted by atomic mass is 14.5. The first-order valence-corrected chi connectivity index (χ1v) is 5.73. The molecule has 2 fully saturated rings. The lowest BCUT2D eigenvalue weighted by atomic mass is 9.68. The maximum absolute atomic E-state index is 2.49. The van der Waals surface area contributed by atoms with Crippen molar-refractivity contribution < 1.29 is 0 Å². The second-order valence-corrected chi connectivity index (χ2v) is 5.37. The number of hydrogen-bond donors (Lipinski definition) is 0. The molecule has 0 saturated heterocycles. The van der Waals surface area contributed by atoms with Gasteiger partial charge in [-0.1, -0.05) is 33.1 Å². The van der Waals surface area contributed by atoms with Crippen LogP contribution in [0.4, 0.5) is 0 Å². The maximum Gasteiger partial charge on any atom is -0.0269 e. The standard InChI is InChI=1S/C12H22/c1-10-8-11(2)12(9-10)6-4-3-5-7-12/h10-11H,3-9H2,1-2H3. The summed E-state index contributed by atoms with van der Waals surface area (Å²) in [5.41, 5.74) is 0.803. The van der Waals surface area contributed by atoms with Gasteiger partial charge >= 0.3 is 0 Å². The monoisotopic (exact) mass is 166 g/mol. The zero-order valence-corrected chi connectivity index (χ0v) is 8.60. The molecule has 0 aromatic carbocycles. The Bertz CT molecular complexity index is 153. The summed E-state index contributed by atoms with van der Waals surface area (Å²) in [6.45, 7) is 4.94. The van der Waals surface area contributed by atoms with Crippen LogP contribution in [-0.4, -0.2) is 0 Å². The Hall–Kier alpha value is 0. The molecule has 70 valence electrons. The second-order valence-electron chi connectivity index (χ2n) is 5.37. The molecule has 0 radical (unpaired) electrons. The molecule has 2 aliphatic rings. The molecule has 2 atom stereocenters. The Kier molecular flexibility index (Phi) is 2.18. The molecule has 0 aromatic rings. The van der Waals surface area contributed by atoms with Gasteiger partial charge in [0.25, 0.3) is 0 Å². The molecular formula is C12H22. The van der Waals surface area contributed by atoms with Gasteiger partial charge in [-0.05, 0) is 42.9 Å². The first kappa shape index (κ1) is 8.59. The van der Waals surface area contributed by atoms with Crippen LogP contribution in [-0.2, 0) is 0 Å². The second kappa shape index (κ2) is 3.05. The highest BCUT2D eigenvalue weighted by Crippen LogP contribution is 2.54. The van der Waals surface area contributed by atoms with Crippen molar-refractivity contribution in [2.45, 2.75) is 58.8 Å². The van der Waals surface area contributed by atoms with Crippen molar-refractivity contribution in [2.24, 2.45) is 17.3 Å². The topological polar surface area (TPSA) is 0 Å². The summed E-state index contributed by atoms with van der Waals surface area (Å²) < 4.78 is 0. The molecule has 0 amide bonds. The van der Waals surface area contributed by atoms with Gasteiger partial charge in [-0.3, -0.25) is 0 Å². The van der Waals surface area contributed by atoms with Crippen LogP contribution >= 0.6 is 0 Å². The molecule has 2 unspecified atom stereocenters. The van der Waals surface area contributed by atoms with Crippen LogP contribution in [0.5, 0.6) is 0 Å². The van der Waals surface area contributed by atoms with Crippen molar-refractivity contribution >= 4 is 0 Å². The van der Waals surface area contributed by atoms with E-state index >= 15 is 0 Å². The Morgan fingerprint density at radius 1 is 1.00 bits per heavy atom. The SMILES string of the molecule is CC1CC(C)C2(CCCCC2)C1. The fourth-order valence-corrected chi connectivity index (χ4v) is 3.78. The summed E-state index contributed by atoms with van der Waals surface area (Å²) in [7, 11) is 0.